The minimum absolute atomic E-state index is 0.169. The average molecular weight is 195 g/mol. The molecule has 0 amide bonds. The first-order valence-corrected chi connectivity index (χ1v) is 5.11. The van der Waals surface area contributed by atoms with Crippen LogP contribution in [0.1, 0.15) is 27.2 Å². The van der Waals surface area contributed by atoms with Gasteiger partial charge in [0.05, 0.1) is 5.54 Å². The van der Waals surface area contributed by atoms with Crippen LogP contribution in [0.2, 0.25) is 0 Å². The van der Waals surface area contributed by atoms with E-state index in [-0.39, 0.29) is 28.7 Å². The Hall–Kier alpha value is -0.700. The molecule has 3 heteroatoms. The zero-order valence-corrected chi connectivity index (χ0v) is 9.20. The maximum absolute atomic E-state index is 11.6. The second-order valence-electron chi connectivity index (χ2n) is 5.01. The van der Waals surface area contributed by atoms with Gasteiger partial charge in [-0.1, -0.05) is 6.92 Å². The number of carbonyl (C=O) groups is 2. The third kappa shape index (κ3) is 0.776. The number of piperidine rings is 1. The van der Waals surface area contributed by atoms with Crippen LogP contribution in [0.25, 0.3) is 0 Å². The smallest absolute Gasteiger partial charge is 0.150 e. The molecule has 0 radical (unpaired) electrons. The molecule has 4 unspecified atom stereocenters. The average Bonchev–Trinajstić information content (AvgIpc) is 2.87. The molecule has 0 aromatic carbocycles. The Bertz CT molecular complexity index is 314. The zero-order valence-electron chi connectivity index (χ0n) is 9.20. The topological polar surface area (TPSA) is 37.4 Å². The van der Waals surface area contributed by atoms with E-state index in [9.17, 15) is 9.59 Å². The molecular formula is C11H17NO2. The second kappa shape index (κ2) is 2.45. The van der Waals surface area contributed by atoms with Crippen molar-refractivity contribution in [2.24, 2.45) is 11.3 Å². The lowest BCUT2D eigenvalue weighted by Crippen LogP contribution is -2.44. The van der Waals surface area contributed by atoms with Gasteiger partial charge in [-0.3, -0.25) is 9.69 Å². The third-order valence-corrected chi connectivity index (χ3v) is 4.66. The second-order valence-corrected chi connectivity index (χ2v) is 5.01. The van der Waals surface area contributed by atoms with E-state index >= 15 is 0 Å². The fourth-order valence-corrected chi connectivity index (χ4v) is 3.25. The molecule has 1 aliphatic heterocycles. The highest BCUT2D eigenvalue weighted by Gasteiger charge is 2.74. The minimum atomic E-state index is -0.333. The van der Waals surface area contributed by atoms with Crippen molar-refractivity contribution in [1.82, 2.24) is 4.90 Å². The van der Waals surface area contributed by atoms with Gasteiger partial charge in [-0.25, -0.2) is 0 Å². The molecule has 14 heavy (non-hydrogen) atoms. The molecule has 0 bridgehead atoms. The maximum atomic E-state index is 11.6. The van der Waals surface area contributed by atoms with Crippen LogP contribution in [0.5, 0.6) is 0 Å². The number of ketones is 1. The van der Waals surface area contributed by atoms with E-state index in [1.54, 1.807) is 6.92 Å². The van der Waals surface area contributed by atoms with E-state index in [2.05, 4.69) is 4.90 Å². The standard InChI is InChI=1S/C11H17NO2/c1-7-10(3,6-13)9-5-11(9,8(2)14)12(7)4/h6-7,9H,5H2,1-4H3. The van der Waals surface area contributed by atoms with E-state index < -0.39 is 0 Å². The Morgan fingerprint density at radius 2 is 2.14 bits per heavy atom. The van der Waals surface area contributed by atoms with Crippen LogP contribution in [0.4, 0.5) is 0 Å². The minimum Gasteiger partial charge on any atom is -0.303 e. The fraction of sp³-hybridized carbons (Fsp3) is 0.818. The Morgan fingerprint density at radius 3 is 2.43 bits per heavy atom. The van der Waals surface area contributed by atoms with E-state index in [1.807, 2.05) is 20.9 Å². The number of rotatable bonds is 2. The summed E-state index contributed by atoms with van der Waals surface area (Å²) < 4.78 is 0. The van der Waals surface area contributed by atoms with Gasteiger partial charge in [-0.2, -0.15) is 0 Å². The molecule has 2 aliphatic rings. The summed E-state index contributed by atoms with van der Waals surface area (Å²) in [6.45, 7) is 5.65. The van der Waals surface area contributed by atoms with Crippen LogP contribution < -0.4 is 0 Å². The first-order chi connectivity index (χ1) is 6.41. The molecule has 1 aliphatic carbocycles. The fourth-order valence-electron chi connectivity index (χ4n) is 3.25. The molecule has 0 spiro atoms. The number of fused-ring (bicyclic) bond motifs is 1. The highest BCUT2D eigenvalue weighted by molar-refractivity contribution is 5.92. The van der Waals surface area contributed by atoms with Gasteiger partial charge in [0.1, 0.15) is 12.1 Å². The summed E-state index contributed by atoms with van der Waals surface area (Å²) in [5.41, 5.74) is -0.643. The van der Waals surface area contributed by atoms with Crippen LogP contribution in [0.3, 0.4) is 0 Å². The number of likely N-dealkylation sites (N-methyl/N-ethyl adjacent to an activating group) is 1. The lowest BCUT2D eigenvalue weighted by atomic mass is 9.81. The lowest BCUT2D eigenvalue weighted by Gasteiger charge is -2.31. The van der Waals surface area contributed by atoms with Crippen LogP contribution in [0.15, 0.2) is 0 Å². The van der Waals surface area contributed by atoms with Crippen LogP contribution in [0, 0.1) is 11.3 Å². The zero-order chi connectivity index (χ0) is 10.7. The predicted molar refractivity (Wildman–Crippen MR) is 52.9 cm³/mol. The summed E-state index contributed by atoms with van der Waals surface area (Å²) in [6.07, 6.45) is 1.90. The SMILES string of the molecule is CC(=O)C12CC1C(C)(C=O)C(C)N2C. The molecule has 0 aromatic heterocycles. The van der Waals surface area contributed by atoms with E-state index in [0.717, 1.165) is 12.7 Å². The monoisotopic (exact) mass is 195 g/mol. The van der Waals surface area contributed by atoms with E-state index in [0.29, 0.717) is 0 Å². The Kier molecular flexibility index (Phi) is 1.72. The van der Waals surface area contributed by atoms with Gasteiger partial charge >= 0.3 is 0 Å². The molecule has 0 aromatic rings. The number of carbonyl (C=O) groups excluding carboxylic acids is 2. The Balaban J connectivity index is 2.41. The van der Waals surface area contributed by atoms with Crippen molar-refractivity contribution in [3.05, 3.63) is 0 Å². The summed E-state index contributed by atoms with van der Waals surface area (Å²) in [4.78, 5) is 24.9. The van der Waals surface area contributed by atoms with E-state index in [4.69, 9.17) is 0 Å². The van der Waals surface area contributed by atoms with Crippen molar-refractivity contribution in [2.75, 3.05) is 7.05 Å². The van der Waals surface area contributed by atoms with Crippen molar-refractivity contribution in [3.8, 4) is 0 Å². The molecule has 2 fully saturated rings. The van der Waals surface area contributed by atoms with Crippen LogP contribution >= 0.6 is 0 Å². The number of likely N-dealkylation sites (tertiary alicyclic amines) is 1. The van der Waals surface area contributed by atoms with Crippen LogP contribution in [-0.4, -0.2) is 35.6 Å². The van der Waals surface area contributed by atoms with Gasteiger partial charge in [0.25, 0.3) is 0 Å². The first-order valence-electron chi connectivity index (χ1n) is 5.11. The van der Waals surface area contributed by atoms with Crippen LogP contribution in [-0.2, 0) is 9.59 Å². The van der Waals surface area contributed by atoms with Crippen molar-refractivity contribution < 1.29 is 9.59 Å². The molecular weight excluding hydrogens is 178 g/mol. The van der Waals surface area contributed by atoms with Crippen molar-refractivity contribution in [3.63, 3.8) is 0 Å². The van der Waals surface area contributed by atoms with Gasteiger partial charge in [0, 0.05) is 17.4 Å². The Morgan fingerprint density at radius 1 is 1.57 bits per heavy atom. The maximum Gasteiger partial charge on any atom is 0.150 e. The van der Waals surface area contributed by atoms with Gasteiger partial charge in [0.2, 0.25) is 0 Å². The normalized spacial score (nSPS) is 51.4. The quantitative estimate of drug-likeness (QED) is 0.614. The lowest BCUT2D eigenvalue weighted by molar-refractivity contribution is -0.123. The third-order valence-electron chi connectivity index (χ3n) is 4.66. The van der Waals surface area contributed by atoms with Gasteiger partial charge in [-0.15, -0.1) is 0 Å². The summed E-state index contributed by atoms with van der Waals surface area (Å²) >= 11 is 0. The van der Waals surface area contributed by atoms with Gasteiger partial charge in [-0.05, 0) is 27.3 Å². The summed E-state index contributed by atoms with van der Waals surface area (Å²) in [6, 6.07) is 0.169. The number of hydrogen-bond acceptors (Lipinski definition) is 3. The van der Waals surface area contributed by atoms with Crippen molar-refractivity contribution >= 4 is 12.1 Å². The predicted octanol–water partition coefficient (Wildman–Crippen LogP) is 0.873. The van der Waals surface area contributed by atoms with Gasteiger partial charge < -0.3 is 4.79 Å². The first kappa shape index (κ1) is 9.84. The van der Waals surface area contributed by atoms with Crippen molar-refractivity contribution in [1.29, 1.82) is 0 Å². The molecule has 1 saturated heterocycles. The number of Topliss-reactive ketones (excluding diaryl/α,β-unsaturated/α-hetero) is 1. The largest absolute Gasteiger partial charge is 0.303 e. The molecule has 2 rings (SSSR count). The molecule has 4 atom stereocenters. The summed E-state index contributed by atoms with van der Waals surface area (Å²) in [5, 5.41) is 0. The molecule has 0 N–H and O–H groups in total. The molecule has 1 heterocycles. The number of hydrogen-bond donors (Lipinski definition) is 0. The molecule has 3 nitrogen and oxygen atoms in total. The highest BCUT2D eigenvalue weighted by atomic mass is 16.1. The van der Waals surface area contributed by atoms with Gasteiger partial charge in [0.15, 0.2) is 0 Å². The highest BCUT2D eigenvalue weighted by Crippen LogP contribution is 2.65. The molecule has 1 saturated carbocycles. The number of aldehydes is 1. The summed E-state index contributed by atoms with van der Waals surface area (Å²) in [7, 11) is 1.96. The molecule has 78 valence electrons. The van der Waals surface area contributed by atoms with Crippen molar-refractivity contribution in [2.45, 2.75) is 38.8 Å². The summed E-state index contributed by atoms with van der Waals surface area (Å²) in [5.74, 6) is 0.451. The van der Waals surface area contributed by atoms with E-state index in [1.165, 1.54) is 0 Å². The number of nitrogens with zero attached hydrogens (tertiary/aromatic N) is 1. The Labute approximate surface area is 84.5 Å².